The van der Waals surface area contributed by atoms with E-state index in [2.05, 4.69) is 5.32 Å². The third kappa shape index (κ3) is 4.07. The number of nitrogens with one attached hydrogen (secondary N) is 1. The van der Waals surface area contributed by atoms with Gasteiger partial charge >= 0.3 is 0 Å². The van der Waals surface area contributed by atoms with Crippen molar-refractivity contribution in [3.05, 3.63) is 57.1 Å². The molecule has 0 saturated carbocycles. The maximum atomic E-state index is 12.6. The molecule has 1 fully saturated rings. The van der Waals surface area contributed by atoms with Crippen LogP contribution in [-0.2, 0) is 4.79 Å². The van der Waals surface area contributed by atoms with Crippen LogP contribution in [-0.4, -0.2) is 30.4 Å². The molecule has 2 amide bonds. The highest BCUT2D eigenvalue weighted by Gasteiger charge is 2.24. The van der Waals surface area contributed by atoms with Gasteiger partial charge in [-0.1, -0.05) is 11.6 Å². The van der Waals surface area contributed by atoms with Crippen LogP contribution in [0.25, 0.3) is 0 Å². The third-order valence-electron chi connectivity index (χ3n) is 4.45. The fraction of sp³-hybridized carbons (Fsp3) is 0.263. The Kier molecular flexibility index (Phi) is 5.79. The molecule has 0 bridgehead atoms. The van der Waals surface area contributed by atoms with E-state index >= 15 is 0 Å². The summed E-state index contributed by atoms with van der Waals surface area (Å²) in [5, 5.41) is 14.0. The van der Waals surface area contributed by atoms with Gasteiger partial charge in [0, 0.05) is 29.7 Å². The zero-order valence-electron chi connectivity index (χ0n) is 15.1. The lowest BCUT2D eigenvalue weighted by atomic mass is 10.1. The number of amides is 2. The van der Waals surface area contributed by atoms with Crippen LogP contribution in [0.15, 0.2) is 36.4 Å². The summed E-state index contributed by atoms with van der Waals surface area (Å²) in [5.41, 5.74) is 0.435. The number of ether oxygens (including phenoxy) is 1. The summed E-state index contributed by atoms with van der Waals surface area (Å²) in [5.74, 6) is -0.184. The molecule has 0 aromatic heterocycles. The average Bonchev–Trinajstić information content (AvgIpc) is 2.68. The smallest absolute Gasteiger partial charge is 0.282 e. The van der Waals surface area contributed by atoms with Gasteiger partial charge in [0.15, 0.2) is 0 Å². The minimum atomic E-state index is -0.671. The molecule has 1 aliphatic heterocycles. The zero-order valence-corrected chi connectivity index (χ0v) is 15.9. The maximum Gasteiger partial charge on any atom is 0.282 e. The molecule has 28 heavy (non-hydrogen) atoms. The third-order valence-corrected chi connectivity index (χ3v) is 4.69. The summed E-state index contributed by atoms with van der Waals surface area (Å²) in [6, 6.07) is 8.64. The summed E-state index contributed by atoms with van der Waals surface area (Å²) in [4.78, 5) is 37.1. The predicted molar refractivity (Wildman–Crippen MR) is 105 cm³/mol. The maximum absolute atomic E-state index is 12.6. The van der Waals surface area contributed by atoms with Crippen molar-refractivity contribution in [1.29, 1.82) is 0 Å². The molecule has 1 aliphatic rings. The first-order chi connectivity index (χ1) is 13.4. The SMILES string of the molecule is COc1ccc(NC(=O)c2cc(Cl)ccc2[N+](=O)[O-])cc1N1CCCCC1=O. The van der Waals surface area contributed by atoms with Gasteiger partial charge in [-0.2, -0.15) is 0 Å². The Labute approximate surface area is 166 Å². The second kappa shape index (κ2) is 8.26. The van der Waals surface area contributed by atoms with Gasteiger partial charge in [-0.05, 0) is 43.2 Å². The fourth-order valence-corrected chi connectivity index (χ4v) is 3.26. The largest absolute Gasteiger partial charge is 0.495 e. The van der Waals surface area contributed by atoms with Crippen LogP contribution in [0.5, 0.6) is 5.75 Å². The Morgan fingerprint density at radius 2 is 2.04 bits per heavy atom. The Bertz CT molecular complexity index is 947. The lowest BCUT2D eigenvalue weighted by molar-refractivity contribution is -0.385. The Hall–Kier alpha value is -3.13. The number of nitrogens with zero attached hydrogens (tertiary/aromatic N) is 2. The van der Waals surface area contributed by atoms with Crippen molar-refractivity contribution in [3.8, 4) is 5.75 Å². The minimum absolute atomic E-state index is 0.0153. The molecular formula is C19H18ClN3O5. The number of nitro groups is 1. The van der Waals surface area contributed by atoms with Crippen LogP contribution in [0.1, 0.15) is 29.6 Å². The van der Waals surface area contributed by atoms with Gasteiger partial charge in [-0.15, -0.1) is 0 Å². The first-order valence-corrected chi connectivity index (χ1v) is 9.02. The first-order valence-electron chi connectivity index (χ1n) is 8.64. The number of carbonyl (C=O) groups is 2. The van der Waals surface area contributed by atoms with Crippen molar-refractivity contribution < 1.29 is 19.2 Å². The van der Waals surface area contributed by atoms with Gasteiger partial charge in [0.1, 0.15) is 11.3 Å². The van der Waals surface area contributed by atoms with E-state index in [0.717, 1.165) is 12.8 Å². The standard InChI is InChI=1S/C19H18ClN3O5/c1-28-17-8-6-13(11-16(17)22-9-3-2-4-18(22)24)21-19(25)14-10-12(20)5-7-15(14)23(26)27/h5-8,10-11H,2-4,9H2,1H3,(H,21,25). The number of halogens is 1. The van der Waals surface area contributed by atoms with E-state index in [9.17, 15) is 19.7 Å². The quantitative estimate of drug-likeness (QED) is 0.600. The summed E-state index contributed by atoms with van der Waals surface area (Å²) in [7, 11) is 1.50. The number of methoxy groups -OCH3 is 1. The number of benzene rings is 2. The molecule has 1 saturated heterocycles. The van der Waals surface area contributed by atoms with E-state index in [0.29, 0.717) is 30.1 Å². The average molecular weight is 404 g/mol. The van der Waals surface area contributed by atoms with Gasteiger partial charge in [-0.25, -0.2) is 0 Å². The lowest BCUT2D eigenvalue weighted by Gasteiger charge is -2.28. The van der Waals surface area contributed by atoms with Crippen LogP contribution in [0, 0.1) is 10.1 Å². The number of rotatable bonds is 5. The molecule has 2 aromatic carbocycles. The molecule has 146 valence electrons. The number of hydrogen-bond donors (Lipinski definition) is 1. The van der Waals surface area contributed by atoms with Crippen LogP contribution in [0.4, 0.5) is 17.1 Å². The number of nitro benzene ring substituents is 1. The molecule has 9 heteroatoms. The van der Waals surface area contributed by atoms with Crippen molar-refractivity contribution in [1.82, 2.24) is 0 Å². The molecule has 0 atom stereocenters. The van der Waals surface area contributed by atoms with Gasteiger partial charge in [0.2, 0.25) is 5.91 Å². The van der Waals surface area contributed by atoms with E-state index in [-0.39, 0.29) is 22.2 Å². The molecular weight excluding hydrogens is 386 g/mol. The van der Waals surface area contributed by atoms with Crippen LogP contribution in [0.3, 0.4) is 0 Å². The van der Waals surface area contributed by atoms with E-state index in [1.807, 2.05) is 0 Å². The van der Waals surface area contributed by atoms with Crippen molar-refractivity contribution >= 4 is 40.5 Å². The van der Waals surface area contributed by atoms with Crippen LogP contribution < -0.4 is 15.0 Å². The molecule has 8 nitrogen and oxygen atoms in total. The number of piperidine rings is 1. The first kappa shape index (κ1) is 19.6. The van der Waals surface area contributed by atoms with Crippen LogP contribution >= 0.6 is 11.6 Å². The molecule has 0 unspecified atom stereocenters. The number of anilines is 2. The van der Waals surface area contributed by atoms with Gasteiger partial charge < -0.3 is 15.0 Å². The molecule has 2 aromatic rings. The molecule has 0 radical (unpaired) electrons. The normalized spacial score (nSPS) is 13.9. The Morgan fingerprint density at radius 3 is 2.71 bits per heavy atom. The summed E-state index contributed by atoms with van der Waals surface area (Å²) < 4.78 is 5.34. The molecule has 1 N–H and O–H groups in total. The van der Waals surface area contributed by atoms with Gasteiger partial charge in [-0.3, -0.25) is 19.7 Å². The highest BCUT2D eigenvalue weighted by Crippen LogP contribution is 2.34. The Balaban J connectivity index is 1.92. The second-order valence-electron chi connectivity index (χ2n) is 6.26. The van der Waals surface area contributed by atoms with E-state index in [1.54, 1.807) is 23.1 Å². The topological polar surface area (TPSA) is 102 Å². The zero-order chi connectivity index (χ0) is 20.3. The van der Waals surface area contributed by atoms with Gasteiger partial charge in [0.05, 0.1) is 17.7 Å². The van der Waals surface area contributed by atoms with Gasteiger partial charge in [0.25, 0.3) is 11.6 Å². The van der Waals surface area contributed by atoms with Crippen molar-refractivity contribution in [3.63, 3.8) is 0 Å². The lowest BCUT2D eigenvalue weighted by Crippen LogP contribution is -2.35. The van der Waals surface area contributed by atoms with Crippen molar-refractivity contribution in [2.24, 2.45) is 0 Å². The van der Waals surface area contributed by atoms with E-state index in [1.165, 1.54) is 25.3 Å². The molecule has 3 rings (SSSR count). The second-order valence-corrected chi connectivity index (χ2v) is 6.70. The minimum Gasteiger partial charge on any atom is -0.495 e. The fourth-order valence-electron chi connectivity index (χ4n) is 3.09. The number of carbonyl (C=O) groups excluding carboxylic acids is 2. The monoisotopic (exact) mass is 403 g/mol. The summed E-state index contributed by atoms with van der Waals surface area (Å²) >= 11 is 5.89. The predicted octanol–water partition coefficient (Wildman–Crippen LogP) is 4.03. The molecule has 0 spiro atoms. The van der Waals surface area contributed by atoms with Crippen LogP contribution in [0.2, 0.25) is 5.02 Å². The molecule has 1 heterocycles. The van der Waals surface area contributed by atoms with E-state index < -0.39 is 10.8 Å². The Morgan fingerprint density at radius 1 is 1.25 bits per heavy atom. The highest BCUT2D eigenvalue weighted by molar-refractivity contribution is 6.31. The summed E-state index contributed by atoms with van der Waals surface area (Å²) in [6.45, 7) is 0.562. The van der Waals surface area contributed by atoms with E-state index in [4.69, 9.17) is 16.3 Å². The van der Waals surface area contributed by atoms with Crippen molar-refractivity contribution in [2.45, 2.75) is 19.3 Å². The number of hydrogen-bond acceptors (Lipinski definition) is 5. The summed E-state index contributed by atoms with van der Waals surface area (Å²) in [6.07, 6.45) is 2.17. The molecule has 0 aliphatic carbocycles. The van der Waals surface area contributed by atoms with Crippen molar-refractivity contribution in [2.75, 3.05) is 23.9 Å². The highest BCUT2D eigenvalue weighted by atomic mass is 35.5.